The number of aromatic nitrogens is 2. The van der Waals surface area contributed by atoms with Gasteiger partial charge in [-0.3, -0.25) is 9.78 Å². The van der Waals surface area contributed by atoms with Crippen LogP contribution in [0, 0.1) is 5.41 Å². The molecule has 2 aromatic heterocycles. The van der Waals surface area contributed by atoms with Gasteiger partial charge in [-0.25, -0.2) is 4.98 Å². The molecule has 1 aliphatic heterocycles. The molecule has 0 bridgehead atoms. The second-order valence-electron chi connectivity index (χ2n) is 9.00. The molecule has 3 aliphatic carbocycles. The van der Waals surface area contributed by atoms with Crippen LogP contribution in [-0.2, 0) is 0 Å². The van der Waals surface area contributed by atoms with Gasteiger partial charge in [0.2, 0.25) is 5.89 Å². The number of carbonyl (C=O) groups is 1. The first-order valence-electron chi connectivity index (χ1n) is 11.4. The van der Waals surface area contributed by atoms with E-state index in [1.54, 1.807) is 12.4 Å². The largest absolute Gasteiger partial charge is 0.435 e. The maximum atomic E-state index is 14.1. The molecule has 0 radical (unpaired) electrons. The summed E-state index contributed by atoms with van der Waals surface area (Å²) in [4.78, 5) is 25.0. The Kier molecular flexibility index (Phi) is 4.39. The number of hydrogen-bond donors (Lipinski definition) is 0. The van der Waals surface area contributed by atoms with Crippen LogP contribution in [0.1, 0.15) is 48.5 Å². The first-order chi connectivity index (χ1) is 15.7. The van der Waals surface area contributed by atoms with Crippen molar-refractivity contribution in [2.45, 2.75) is 37.6 Å². The van der Waals surface area contributed by atoms with Crippen molar-refractivity contribution in [1.82, 2.24) is 14.9 Å². The molecule has 3 heterocycles. The third-order valence-electron chi connectivity index (χ3n) is 7.22. The fourth-order valence-corrected chi connectivity index (χ4v) is 5.51. The van der Waals surface area contributed by atoms with Gasteiger partial charge in [0.05, 0.1) is 5.54 Å². The lowest BCUT2D eigenvalue weighted by Gasteiger charge is -2.33. The quantitative estimate of drug-likeness (QED) is 0.652. The number of likely N-dealkylation sites (tertiary alicyclic amines) is 1. The van der Waals surface area contributed by atoms with E-state index < -0.39 is 0 Å². The van der Waals surface area contributed by atoms with Crippen LogP contribution in [0.3, 0.4) is 0 Å². The van der Waals surface area contributed by atoms with E-state index >= 15 is 0 Å². The van der Waals surface area contributed by atoms with Gasteiger partial charge in [-0.05, 0) is 43.9 Å². The molecule has 0 spiro atoms. The average molecular weight is 424 g/mol. The molecule has 1 amide bonds. The van der Waals surface area contributed by atoms with E-state index in [1.807, 2.05) is 30.4 Å². The van der Waals surface area contributed by atoms with Crippen LogP contribution in [0.15, 0.2) is 83.6 Å². The lowest BCUT2D eigenvalue weighted by molar-refractivity contribution is 0.0670. The van der Waals surface area contributed by atoms with E-state index in [0.29, 0.717) is 17.3 Å². The summed E-state index contributed by atoms with van der Waals surface area (Å²) >= 11 is 0. The van der Waals surface area contributed by atoms with E-state index in [-0.39, 0.29) is 16.9 Å². The van der Waals surface area contributed by atoms with E-state index in [0.717, 1.165) is 49.8 Å². The summed E-state index contributed by atoms with van der Waals surface area (Å²) in [6.07, 6.45) is 27.4. The van der Waals surface area contributed by atoms with Crippen molar-refractivity contribution >= 4 is 11.5 Å². The minimum absolute atomic E-state index is 0.0492. The van der Waals surface area contributed by atoms with Crippen molar-refractivity contribution in [2.24, 2.45) is 5.41 Å². The highest BCUT2D eigenvalue weighted by Crippen LogP contribution is 2.67. The predicted molar refractivity (Wildman–Crippen MR) is 124 cm³/mol. The monoisotopic (exact) mass is 423 g/mol. The molecule has 2 aromatic rings. The van der Waals surface area contributed by atoms with Gasteiger partial charge in [-0.15, -0.1) is 0 Å². The predicted octanol–water partition coefficient (Wildman–Crippen LogP) is 5.52. The summed E-state index contributed by atoms with van der Waals surface area (Å²) in [7, 11) is 0. The minimum atomic E-state index is -0.227. The normalized spacial score (nSPS) is 27.9. The Labute approximate surface area is 187 Å². The molecule has 1 saturated carbocycles. The zero-order chi connectivity index (χ0) is 21.6. The fraction of sp³-hybridized carbons (Fsp3) is 0.296. The molecule has 2 atom stereocenters. The summed E-state index contributed by atoms with van der Waals surface area (Å²) in [6.45, 7) is 0.739. The molecule has 1 saturated heterocycles. The Morgan fingerprint density at radius 3 is 2.84 bits per heavy atom. The molecule has 5 heteroatoms. The number of oxazole rings is 1. The summed E-state index contributed by atoms with van der Waals surface area (Å²) in [5.74, 6) is 0.946. The Bertz CT molecular complexity index is 1220. The number of carbonyl (C=O) groups excluding carboxylic acids is 1. The van der Waals surface area contributed by atoms with Gasteiger partial charge in [0.15, 0.2) is 11.5 Å². The molecule has 2 unspecified atom stereocenters. The average Bonchev–Trinajstić information content (AvgIpc) is 3.46. The second-order valence-corrected chi connectivity index (χ2v) is 9.00. The Morgan fingerprint density at radius 1 is 1.06 bits per heavy atom. The second kappa shape index (κ2) is 7.30. The van der Waals surface area contributed by atoms with Gasteiger partial charge in [0.1, 0.15) is 0 Å². The first kappa shape index (κ1) is 19.2. The number of rotatable bonds is 3. The molecule has 160 valence electrons. The number of allylic oxidation sites excluding steroid dienone is 8. The standard InChI is InChI=1S/C27H25N3O2/c31-25(30-18-8-7-14-26-13-5-6-15-27(26,30)19-26)22-23(20-11-16-28-17-12-20)32-24(29-22)21-9-3-1-2-4-10-21/h1-3,5-6,9-13,15-17H,4,7-8,14,18-19H2. The van der Waals surface area contributed by atoms with E-state index in [2.05, 4.69) is 46.3 Å². The van der Waals surface area contributed by atoms with Gasteiger partial charge < -0.3 is 9.32 Å². The number of hydrogen-bond acceptors (Lipinski definition) is 4. The molecular weight excluding hydrogens is 398 g/mol. The molecule has 0 N–H and O–H groups in total. The van der Waals surface area contributed by atoms with E-state index in [4.69, 9.17) is 9.40 Å². The zero-order valence-electron chi connectivity index (χ0n) is 17.9. The van der Waals surface area contributed by atoms with Crippen molar-refractivity contribution in [2.75, 3.05) is 6.54 Å². The van der Waals surface area contributed by atoms with Gasteiger partial charge >= 0.3 is 0 Å². The summed E-state index contributed by atoms with van der Waals surface area (Å²) in [5.41, 5.74) is 1.94. The summed E-state index contributed by atoms with van der Waals surface area (Å²) in [5, 5.41) is 0. The maximum absolute atomic E-state index is 14.1. The van der Waals surface area contributed by atoms with E-state index in [9.17, 15) is 4.79 Å². The van der Waals surface area contributed by atoms with Crippen molar-refractivity contribution in [3.63, 3.8) is 0 Å². The van der Waals surface area contributed by atoms with Crippen LogP contribution in [0.4, 0.5) is 0 Å². The molecular formula is C27H25N3O2. The number of amides is 1. The molecule has 2 fully saturated rings. The molecule has 4 aliphatic rings. The van der Waals surface area contributed by atoms with Gasteiger partial charge in [0, 0.05) is 35.5 Å². The highest BCUT2D eigenvalue weighted by Gasteiger charge is 2.69. The Morgan fingerprint density at radius 2 is 1.94 bits per heavy atom. The van der Waals surface area contributed by atoms with Crippen molar-refractivity contribution in [1.29, 1.82) is 0 Å². The van der Waals surface area contributed by atoms with Crippen LogP contribution >= 0.6 is 0 Å². The Hall–Kier alpha value is -3.47. The number of pyridine rings is 1. The minimum Gasteiger partial charge on any atom is -0.435 e. The SMILES string of the molecule is O=C(c1nc(C2=CCC=CC=C2)oc1-c1ccncc1)N1CCCCC23C=CC=CC12C3. The topological polar surface area (TPSA) is 59.2 Å². The lowest BCUT2D eigenvalue weighted by atomic mass is 9.90. The van der Waals surface area contributed by atoms with Crippen LogP contribution in [0.2, 0.25) is 0 Å². The lowest BCUT2D eigenvalue weighted by Crippen LogP contribution is -2.44. The molecule has 6 rings (SSSR count). The van der Waals surface area contributed by atoms with E-state index in [1.165, 1.54) is 0 Å². The molecule has 5 nitrogen and oxygen atoms in total. The Balaban J connectivity index is 1.44. The smallest absolute Gasteiger partial charge is 0.277 e. The van der Waals surface area contributed by atoms with Gasteiger partial charge in [-0.2, -0.15) is 0 Å². The maximum Gasteiger partial charge on any atom is 0.277 e. The summed E-state index contributed by atoms with van der Waals surface area (Å²) < 4.78 is 6.25. The van der Waals surface area contributed by atoms with Crippen LogP contribution in [-0.4, -0.2) is 32.9 Å². The highest BCUT2D eigenvalue weighted by molar-refractivity contribution is 5.99. The summed E-state index contributed by atoms with van der Waals surface area (Å²) in [6, 6.07) is 3.73. The molecule has 0 aromatic carbocycles. The van der Waals surface area contributed by atoms with Gasteiger partial charge in [0.25, 0.3) is 5.91 Å². The van der Waals surface area contributed by atoms with Crippen LogP contribution in [0.25, 0.3) is 16.9 Å². The third kappa shape index (κ3) is 2.88. The molecule has 32 heavy (non-hydrogen) atoms. The van der Waals surface area contributed by atoms with Crippen molar-refractivity contribution in [3.8, 4) is 11.3 Å². The third-order valence-corrected chi connectivity index (χ3v) is 7.22. The van der Waals surface area contributed by atoms with Gasteiger partial charge in [-0.1, -0.05) is 55.0 Å². The van der Waals surface area contributed by atoms with Crippen LogP contribution < -0.4 is 0 Å². The number of nitrogens with zero attached hydrogens (tertiary/aromatic N) is 3. The fourth-order valence-electron chi connectivity index (χ4n) is 5.51. The zero-order valence-corrected chi connectivity index (χ0v) is 17.9. The van der Waals surface area contributed by atoms with Crippen LogP contribution in [0.5, 0.6) is 0 Å². The van der Waals surface area contributed by atoms with Crippen molar-refractivity contribution in [3.05, 3.63) is 90.8 Å². The van der Waals surface area contributed by atoms with Crippen molar-refractivity contribution < 1.29 is 9.21 Å². The first-order valence-corrected chi connectivity index (χ1v) is 11.4. The highest BCUT2D eigenvalue weighted by atomic mass is 16.4.